The quantitative estimate of drug-likeness (QED) is 0.820. The molecule has 0 aromatic carbocycles. The van der Waals surface area contributed by atoms with E-state index in [2.05, 4.69) is 29.8 Å². The van der Waals surface area contributed by atoms with Gasteiger partial charge in [-0.2, -0.15) is 0 Å². The van der Waals surface area contributed by atoms with E-state index in [-0.39, 0.29) is 0 Å². The molecule has 2 rings (SSSR count). The van der Waals surface area contributed by atoms with Crippen molar-refractivity contribution in [3.63, 3.8) is 0 Å². The molecule has 88 valence electrons. The van der Waals surface area contributed by atoms with E-state index in [1.54, 1.807) is 0 Å². The number of hydrogen-bond acceptors (Lipinski definition) is 3. The van der Waals surface area contributed by atoms with E-state index >= 15 is 0 Å². The second-order valence-corrected chi connectivity index (χ2v) is 5.10. The van der Waals surface area contributed by atoms with Crippen LogP contribution in [0.25, 0.3) is 0 Å². The van der Waals surface area contributed by atoms with Crippen molar-refractivity contribution in [2.75, 3.05) is 13.1 Å². The van der Waals surface area contributed by atoms with Crippen LogP contribution in [0, 0.1) is 12.8 Å². The van der Waals surface area contributed by atoms with Crippen molar-refractivity contribution in [3.8, 4) is 0 Å². The molecule has 3 heteroatoms. The number of pyridine rings is 1. The Morgan fingerprint density at radius 2 is 2.31 bits per heavy atom. The van der Waals surface area contributed by atoms with Crippen molar-refractivity contribution in [3.05, 3.63) is 29.6 Å². The van der Waals surface area contributed by atoms with Gasteiger partial charge in [0.15, 0.2) is 0 Å². The Kier molecular flexibility index (Phi) is 3.56. The summed E-state index contributed by atoms with van der Waals surface area (Å²) in [5, 5.41) is 0. The smallest absolute Gasteiger partial charge is 0.0315 e. The van der Waals surface area contributed by atoms with E-state index in [9.17, 15) is 0 Å². The highest BCUT2D eigenvalue weighted by molar-refractivity contribution is 5.21. The van der Waals surface area contributed by atoms with Crippen LogP contribution in [0.3, 0.4) is 0 Å². The van der Waals surface area contributed by atoms with Gasteiger partial charge < -0.3 is 5.73 Å². The molecule has 0 amide bonds. The van der Waals surface area contributed by atoms with Crippen LogP contribution in [0.2, 0.25) is 0 Å². The average molecular weight is 219 g/mol. The molecular weight excluding hydrogens is 198 g/mol. The minimum atomic E-state index is 0.334. The lowest BCUT2D eigenvalue weighted by Gasteiger charge is -2.34. The van der Waals surface area contributed by atoms with Crippen molar-refractivity contribution in [1.29, 1.82) is 0 Å². The first-order valence-corrected chi connectivity index (χ1v) is 6.02. The summed E-state index contributed by atoms with van der Waals surface area (Å²) in [5.74, 6) is 0.709. The highest BCUT2D eigenvalue weighted by Gasteiger charge is 2.22. The summed E-state index contributed by atoms with van der Waals surface area (Å²) in [4.78, 5) is 6.64. The van der Waals surface area contributed by atoms with E-state index in [1.807, 2.05) is 12.4 Å². The lowest BCUT2D eigenvalue weighted by atomic mass is 9.96. The molecule has 0 radical (unpaired) electrons. The van der Waals surface area contributed by atoms with Crippen LogP contribution in [0.4, 0.5) is 0 Å². The van der Waals surface area contributed by atoms with Gasteiger partial charge in [-0.25, -0.2) is 0 Å². The summed E-state index contributed by atoms with van der Waals surface area (Å²) in [5.41, 5.74) is 8.69. The van der Waals surface area contributed by atoms with Crippen molar-refractivity contribution in [1.82, 2.24) is 9.88 Å². The molecule has 2 heterocycles. The monoisotopic (exact) mass is 219 g/mol. The Hall–Kier alpha value is -0.930. The molecule has 2 unspecified atom stereocenters. The molecule has 1 aromatic rings. The topological polar surface area (TPSA) is 42.2 Å². The molecule has 3 nitrogen and oxygen atoms in total. The SMILES string of the molecule is Cc1ccncc1CN1CC(C)CC(N)C1. The predicted octanol–water partition coefficient (Wildman–Crippen LogP) is 1.56. The Labute approximate surface area is 97.7 Å². The van der Waals surface area contributed by atoms with Crippen molar-refractivity contribution in [2.45, 2.75) is 32.9 Å². The number of nitrogens with zero attached hydrogens (tertiary/aromatic N) is 2. The van der Waals surface area contributed by atoms with E-state index in [0.29, 0.717) is 12.0 Å². The number of piperidine rings is 1. The van der Waals surface area contributed by atoms with Gasteiger partial charge in [0.25, 0.3) is 0 Å². The third-order valence-corrected chi connectivity index (χ3v) is 3.31. The molecule has 0 saturated carbocycles. The summed E-state index contributed by atoms with van der Waals surface area (Å²) in [7, 11) is 0. The van der Waals surface area contributed by atoms with Crippen LogP contribution in [-0.2, 0) is 6.54 Å². The zero-order valence-electron chi connectivity index (χ0n) is 10.2. The molecule has 1 aromatic heterocycles. The molecule has 0 spiro atoms. The maximum Gasteiger partial charge on any atom is 0.0315 e. The third-order valence-electron chi connectivity index (χ3n) is 3.31. The maximum atomic E-state index is 6.05. The Morgan fingerprint density at radius 3 is 3.00 bits per heavy atom. The standard InChI is InChI=1S/C13H21N3/c1-10-5-13(14)9-16(7-10)8-12-6-15-4-3-11(12)2/h3-4,6,10,13H,5,7-9,14H2,1-2H3. The molecule has 1 fully saturated rings. The van der Waals surface area contributed by atoms with Gasteiger partial charge in [-0.05, 0) is 36.5 Å². The van der Waals surface area contributed by atoms with Crippen molar-refractivity contribution in [2.24, 2.45) is 11.7 Å². The highest BCUT2D eigenvalue weighted by atomic mass is 15.1. The van der Waals surface area contributed by atoms with Gasteiger partial charge in [-0.1, -0.05) is 6.92 Å². The summed E-state index contributed by atoms with van der Waals surface area (Å²) >= 11 is 0. The Balaban J connectivity index is 2.02. The van der Waals surface area contributed by atoms with Gasteiger partial charge in [-0.3, -0.25) is 9.88 Å². The summed E-state index contributed by atoms with van der Waals surface area (Å²) in [6.07, 6.45) is 4.98. The first-order valence-electron chi connectivity index (χ1n) is 6.02. The second kappa shape index (κ2) is 4.93. The first kappa shape index (κ1) is 11.6. The minimum Gasteiger partial charge on any atom is -0.327 e. The number of nitrogens with two attached hydrogens (primary N) is 1. The molecule has 16 heavy (non-hydrogen) atoms. The minimum absolute atomic E-state index is 0.334. The zero-order chi connectivity index (χ0) is 11.5. The van der Waals surface area contributed by atoms with Crippen molar-refractivity contribution < 1.29 is 0 Å². The van der Waals surface area contributed by atoms with Crippen LogP contribution < -0.4 is 5.73 Å². The largest absolute Gasteiger partial charge is 0.327 e. The fourth-order valence-corrected chi connectivity index (χ4v) is 2.55. The number of aryl methyl sites for hydroxylation is 1. The number of likely N-dealkylation sites (tertiary alicyclic amines) is 1. The summed E-state index contributed by atoms with van der Waals surface area (Å²) < 4.78 is 0. The van der Waals surface area contributed by atoms with Gasteiger partial charge in [-0.15, -0.1) is 0 Å². The molecular formula is C13H21N3. The van der Waals surface area contributed by atoms with E-state index in [0.717, 1.165) is 26.1 Å². The number of rotatable bonds is 2. The van der Waals surface area contributed by atoms with Gasteiger partial charge in [0.2, 0.25) is 0 Å². The van der Waals surface area contributed by atoms with Gasteiger partial charge in [0.05, 0.1) is 0 Å². The normalized spacial score (nSPS) is 26.9. The van der Waals surface area contributed by atoms with Crippen molar-refractivity contribution >= 4 is 0 Å². The lowest BCUT2D eigenvalue weighted by molar-refractivity contribution is 0.158. The predicted molar refractivity (Wildman–Crippen MR) is 66.0 cm³/mol. The number of aromatic nitrogens is 1. The van der Waals surface area contributed by atoms with Crippen LogP contribution in [0.15, 0.2) is 18.5 Å². The van der Waals surface area contributed by atoms with Crippen LogP contribution in [0.5, 0.6) is 0 Å². The molecule has 2 N–H and O–H groups in total. The zero-order valence-corrected chi connectivity index (χ0v) is 10.2. The molecule has 0 aliphatic carbocycles. The van der Waals surface area contributed by atoms with Gasteiger partial charge in [0.1, 0.15) is 0 Å². The number of hydrogen-bond donors (Lipinski definition) is 1. The second-order valence-electron chi connectivity index (χ2n) is 5.10. The van der Waals surface area contributed by atoms with E-state index < -0.39 is 0 Å². The van der Waals surface area contributed by atoms with Gasteiger partial charge >= 0.3 is 0 Å². The van der Waals surface area contributed by atoms with Crippen LogP contribution in [-0.4, -0.2) is 29.0 Å². The fraction of sp³-hybridized carbons (Fsp3) is 0.615. The molecule has 1 aliphatic rings. The van der Waals surface area contributed by atoms with Gasteiger partial charge in [0, 0.05) is 38.1 Å². The molecule has 2 atom stereocenters. The Morgan fingerprint density at radius 1 is 1.50 bits per heavy atom. The molecule has 1 saturated heterocycles. The van der Waals surface area contributed by atoms with Crippen LogP contribution >= 0.6 is 0 Å². The van der Waals surface area contributed by atoms with E-state index in [4.69, 9.17) is 5.73 Å². The Bertz CT molecular complexity index is 341. The average Bonchev–Trinajstić information content (AvgIpc) is 2.20. The maximum absolute atomic E-state index is 6.05. The summed E-state index contributed by atoms with van der Waals surface area (Å²) in [6, 6.07) is 2.41. The third kappa shape index (κ3) is 2.80. The van der Waals surface area contributed by atoms with Crippen LogP contribution in [0.1, 0.15) is 24.5 Å². The van der Waals surface area contributed by atoms with E-state index in [1.165, 1.54) is 11.1 Å². The molecule has 1 aliphatic heterocycles. The summed E-state index contributed by atoms with van der Waals surface area (Å²) in [6.45, 7) is 7.57. The fourth-order valence-electron chi connectivity index (χ4n) is 2.55. The molecule has 0 bridgehead atoms. The highest BCUT2D eigenvalue weighted by Crippen LogP contribution is 2.18. The first-order chi connectivity index (χ1) is 7.65. The lowest BCUT2D eigenvalue weighted by Crippen LogP contribution is -2.45.